The molecule has 3 aliphatic rings. The molecule has 0 aromatic carbocycles. The van der Waals surface area contributed by atoms with Crippen molar-refractivity contribution < 1.29 is 58.6 Å². The molecule has 3 rings (SSSR count). The summed E-state index contributed by atoms with van der Waals surface area (Å²) in [6, 6.07) is 0.463. The zero-order valence-electron chi connectivity index (χ0n) is 42.7. The smallest absolute Gasteiger partial charge is 0.197 e. The Bertz CT molecular complexity index is 1500. The number of nitrogens with one attached hydrogen (secondary N) is 4. The van der Waals surface area contributed by atoms with Crippen LogP contribution in [0, 0.1) is 21.7 Å². The summed E-state index contributed by atoms with van der Waals surface area (Å²) in [5.41, 5.74) is 2.63. The fourth-order valence-corrected chi connectivity index (χ4v) is 26.0. The summed E-state index contributed by atoms with van der Waals surface area (Å²) in [6.07, 6.45) is 3.48. The Morgan fingerprint density at radius 3 is 1.61 bits per heavy atom. The van der Waals surface area contributed by atoms with Crippen molar-refractivity contribution in [1.29, 1.82) is 0 Å². The van der Waals surface area contributed by atoms with E-state index in [4.69, 9.17) is 19.3 Å². The molecule has 0 radical (unpaired) electrons. The summed E-state index contributed by atoms with van der Waals surface area (Å²) < 4.78 is 14.3. The number of methoxy groups -OCH3 is 3. The summed E-state index contributed by atoms with van der Waals surface area (Å²) in [4.78, 5) is 79.0. The summed E-state index contributed by atoms with van der Waals surface area (Å²) in [5, 5.41) is 23.2. The number of aliphatic hydroxyl groups excluding tert-OH is 1. The number of quaternary nitrogens is 1. The van der Waals surface area contributed by atoms with E-state index in [1.165, 1.54) is 38.4 Å². The molecule has 0 spiro atoms. The number of amides is 4. The third-order valence-electron chi connectivity index (χ3n) is 9.21. The Morgan fingerprint density at radius 2 is 1.23 bits per heavy atom. The van der Waals surface area contributed by atoms with Gasteiger partial charge in [-0.05, 0) is 0 Å². The number of hydrogen-bond donors (Lipinski definition) is 6. The normalized spacial score (nSPS) is 17.5. The van der Waals surface area contributed by atoms with Crippen LogP contribution in [0.4, 0.5) is 4.79 Å². The standard InChI is InChI=1S/C18H31N3O4S2Se.C10H19NO3SSe.C8H17NO2SSe.C5H8OSSe.CH4O.2H2S/c1-18(2,16(23)25-3)11-28-27-9-8-19-14(22)7-5-4-6-13-15-12(10-26-13)20-17(24)21-15;1-8(12)11-5-6-15-16-7-10(2,3)9(13)14-4;1-8(2,7(10)11-3)6-13-12-5-4-9;1-5(2)3-8-7-4(5)6;1-2;;/h12-13,15H,4-11H2,1-3H3,(H,19,22)(H2,20,21,24);5-7H2,1-4H3,(H,11,12);4-6,9H2,1-3H3;3H2,1-2H3;2H,1H3;2*1H2/p+1/t12-,13-,15-;;;;;;/m0....../s1. The summed E-state index contributed by atoms with van der Waals surface area (Å²) in [7, 11) is 12.3. The minimum atomic E-state index is -0.431. The van der Waals surface area contributed by atoms with Gasteiger partial charge in [0.1, 0.15) is 0 Å². The van der Waals surface area contributed by atoms with Crippen LogP contribution in [0.3, 0.4) is 0 Å². The van der Waals surface area contributed by atoms with Crippen LogP contribution >= 0.6 is 79.5 Å². The van der Waals surface area contributed by atoms with Crippen molar-refractivity contribution in [2.75, 3.05) is 71.1 Å². The van der Waals surface area contributed by atoms with Gasteiger partial charge in [-0.25, -0.2) is 4.79 Å². The fourth-order valence-electron chi connectivity index (χ4n) is 5.07. The van der Waals surface area contributed by atoms with Gasteiger partial charge in [0, 0.05) is 7.11 Å². The first kappa shape index (κ1) is 76.2. The van der Waals surface area contributed by atoms with Crippen molar-refractivity contribution in [3.05, 3.63) is 0 Å². The van der Waals surface area contributed by atoms with E-state index in [9.17, 15) is 33.6 Å². The molecule has 0 unspecified atom stereocenters. The average Bonchev–Trinajstić information content (AvgIpc) is 3.95. The van der Waals surface area contributed by atoms with E-state index in [0.717, 1.165) is 77.2 Å². The predicted molar refractivity (Wildman–Crippen MR) is 306 cm³/mol. The number of esters is 3. The maximum atomic E-state index is 11.9. The third kappa shape index (κ3) is 35.6. The Morgan fingerprint density at radius 1 is 0.783 bits per heavy atom. The summed E-state index contributed by atoms with van der Waals surface area (Å²) in [6.45, 7) is 19.4. The second kappa shape index (κ2) is 42.9. The minimum Gasteiger partial charge on any atom is -0.197 e. The Kier molecular flexibility index (Phi) is 47.4. The van der Waals surface area contributed by atoms with Gasteiger partial charge in [0.2, 0.25) is 0 Å². The van der Waals surface area contributed by atoms with Gasteiger partial charge in [-0.1, -0.05) is 0 Å². The number of carbonyl (C=O) groups excluding carboxylic acids is 7. The molecule has 3 atom stereocenters. The molecule has 3 aliphatic heterocycles. The molecule has 0 bridgehead atoms. The number of unbranched alkanes of at least 4 members (excludes halogenated alkanes) is 1. The maximum absolute atomic E-state index is 11.9. The number of ether oxygens (including phenoxy) is 3. The average molecular weight is 1380 g/mol. The van der Waals surface area contributed by atoms with E-state index in [2.05, 4.69) is 27.0 Å². The van der Waals surface area contributed by atoms with Gasteiger partial charge >= 0.3 is 426 Å². The Balaban J connectivity index is -0.000000439. The molecular weight excluding hydrogens is 1290 g/mol. The molecule has 69 heavy (non-hydrogen) atoms. The van der Waals surface area contributed by atoms with Gasteiger partial charge in [-0.2, -0.15) is 27.0 Å². The number of urea groups is 1. The monoisotopic (exact) mass is 1380 g/mol. The molecule has 4 amide bonds. The van der Waals surface area contributed by atoms with Gasteiger partial charge in [-0.3, -0.25) is 0 Å². The number of fused-ring (bicyclic) bond motifs is 1. The first-order valence-electron chi connectivity index (χ1n) is 21.7. The van der Waals surface area contributed by atoms with Crippen LogP contribution in [0.15, 0.2) is 0 Å². The van der Waals surface area contributed by atoms with Gasteiger partial charge in [-0.15, -0.1) is 0 Å². The van der Waals surface area contributed by atoms with Crippen LogP contribution < -0.4 is 27.0 Å². The second-order valence-corrected chi connectivity index (χ2v) is 36.0. The first-order valence-corrected chi connectivity index (χ1v) is 39.4. The number of rotatable bonds is 25. The molecule has 0 aromatic heterocycles. The molecule has 27 heteroatoms. The maximum Gasteiger partial charge on any atom is -0.197 e. The van der Waals surface area contributed by atoms with Crippen molar-refractivity contribution in [3.63, 3.8) is 0 Å². The quantitative estimate of drug-likeness (QED) is 0.0246. The molecule has 0 saturated carbocycles. The zero-order valence-corrected chi connectivity index (χ0v) is 55.7. The molecule has 8 N–H and O–H groups in total. The van der Waals surface area contributed by atoms with E-state index < -0.39 is 10.8 Å². The number of aliphatic hydroxyl groups is 1. The molecule has 0 aromatic rings. The van der Waals surface area contributed by atoms with Crippen LogP contribution in [-0.2, 0) is 43.0 Å². The fraction of sp³-hybridized carbons (Fsp3) is 0.833. The molecule has 3 heterocycles. The van der Waals surface area contributed by atoms with Gasteiger partial charge in [0.25, 0.3) is 0 Å². The number of hydrogen-bond acceptors (Lipinski definition) is 16. The number of thioether (sulfide) groups is 1. The van der Waals surface area contributed by atoms with E-state index in [0.29, 0.717) is 85.2 Å². The van der Waals surface area contributed by atoms with Gasteiger partial charge in [0.05, 0.1) is 0 Å². The van der Waals surface area contributed by atoms with Crippen molar-refractivity contribution >= 4 is 176 Å². The molecule has 16 nitrogen and oxygen atoms in total. The van der Waals surface area contributed by atoms with E-state index in [1.54, 1.807) is 20.4 Å². The molecule has 408 valence electrons. The van der Waals surface area contributed by atoms with Crippen LogP contribution in [0.5, 0.6) is 0 Å². The van der Waals surface area contributed by atoms with Crippen molar-refractivity contribution in [3.8, 4) is 0 Å². The third-order valence-corrected chi connectivity index (χ3v) is 30.7. The molecule has 3 fully saturated rings. The predicted octanol–water partition coefficient (Wildman–Crippen LogP) is 4.25. The number of carbonyl (C=O) groups is 7. The van der Waals surface area contributed by atoms with E-state index in [1.807, 2.05) is 77.3 Å². The van der Waals surface area contributed by atoms with E-state index in [-0.39, 0.29) is 85.7 Å². The van der Waals surface area contributed by atoms with Crippen LogP contribution in [-0.4, -0.2) is 190 Å². The molecular formula is C42H84N5O11S7Se4+. The topological polar surface area (TPSA) is 243 Å². The van der Waals surface area contributed by atoms with Gasteiger partial charge < -0.3 is 10.4 Å². The van der Waals surface area contributed by atoms with Crippen molar-refractivity contribution in [2.24, 2.45) is 21.7 Å². The second-order valence-electron chi connectivity index (χ2n) is 17.4. The Labute approximate surface area is 470 Å². The van der Waals surface area contributed by atoms with Crippen LogP contribution in [0.1, 0.15) is 88.0 Å². The summed E-state index contributed by atoms with van der Waals surface area (Å²) in [5.74, 6) is 3.53. The van der Waals surface area contributed by atoms with Crippen LogP contribution in [0.25, 0.3) is 0 Å². The largest absolute Gasteiger partial charge is 0.197 e. The van der Waals surface area contributed by atoms with Crippen LogP contribution in [0.2, 0.25) is 21.3 Å². The van der Waals surface area contributed by atoms with E-state index >= 15 is 0 Å². The molecule has 0 aliphatic carbocycles. The Hall–Kier alpha value is 0.738. The zero-order chi connectivity index (χ0) is 51.7. The van der Waals surface area contributed by atoms with Gasteiger partial charge in [0.15, 0.2) is 0 Å². The first-order chi connectivity index (χ1) is 31.4. The van der Waals surface area contributed by atoms with Crippen molar-refractivity contribution in [2.45, 2.75) is 127 Å². The molecule has 3 saturated heterocycles. The minimum absolute atomic E-state index is 0. The SMILES string of the molecule is CC1(C)C[Se]SC1=O.CO.COC(=O)C(C)(C)C[Se]SCCNC(=O)CCCC[C@@H]1SC[C@@H]2NC(=O)N[C@@H]21.COC(=O)C(C)(C)C[Se]SCCNC(C)=O.COC(=O)C(C)(C)C[Se]SCC[NH3+].S.S. The van der Waals surface area contributed by atoms with Crippen molar-refractivity contribution in [1.82, 2.24) is 21.3 Å². The summed E-state index contributed by atoms with van der Waals surface area (Å²) >= 11 is 3.56.